The van der Waals surface area contributed by atoms with Gasteiger partial charge in [-0.25, -0.2) is 13.1 Å². The molecule has 1 aromatic carbocycles. The van der Waals surface area contributed by atoms with E-state index in [-0.39, 0.29) is 16.7 Å². The maximum Gasteiger partial charge on any atom is 0.264 e. The molecule has 1 amide bonds. The highest BCUT2D eigenvalue weighted by Crippen LogP contribution is 2.39. The van der Waals surface area contributed by atoms with Crippen molar-refractivity contribution in [2.75, 3.05) is 12.4 Å². The molecule has 2 aliphatic rings. The fourth-order valence-electron chi connectivity index (χ4n) is 3.61. The number of fused-ring (bicyclic) bond motifs is 2. The summed E-state index contributed by atoms with van der Waals surface area (Å²) >= 11 is 0. The second kappa shape index (κ2) is 6.35. The van der Waals surface area contributed by atoms with Crippen LogP contribution in [-0.4, -0.2) is 21.4 Å². The van der Waals surface area contributed by atoms with Gasteiger partial charge in [-0.2, -0.15) is 0 Å². The van der Waals surface area contributed by atoms with Gasteiger partial charge >= 0.3 is 0 Å². The molecule has 23 heavy (non-hydrogen) atoms. The molecule has 0 saturated heterocycles. The topological polar surface area (TPSA) is 75.3 Å². The summed E-state index contributed by atoms with van der Waals surface area (Å²) in [5, 5.41) is 2.90. The second-order valence-corrected chi connectivity index (χ2v) is 8.12. The van der Waals surface area contributed by atoms with Crippen molar-refractivity contribution in [3.63, 3.8) is 0 Å². The Kier molecular flexibility index (Phi) is 4.43. The summed E-state index contributed by atoms with van der Waals surface area (Å²) < 4.78 is 27.1. The first-order valence-electron chi connectivity index (χ1n) is 7.99. The van der Waals surface area contributed by atoms with Crippen LogP contribution in [0, 0.1) is 17.8 Å². The molecule has 6 heteroatoms. The zero-order chi connectivity index (χ0) is 16.4. The highest BCUT2D eigenvalue weighted by atomic mass is 32.2. The Bertz CT molecular complexity index is 727. The monoisotopic (exact) mass is 334 g/mol. The van der Waals surface area contributed by atoms with Gasteiger partial charge < -0.3 is 5.32 Å². The van der Waals surface area contributed by atoms with Crippen molar-refractivity contribution in [3.05, 3.63) is 36.4 Å². The van der Waals surface area contributed by atoms with Gasteiger partial charge in [-0.15, -0.1) is 0 Å². The lowest BCUT2D eigenvalue weighted by molar-refractivity contribution is -0.125. The normalized spacial score (nSPS) is 26.6. The molecule has 0 unspecified atom stereocenters. The number of anilines is 1. The van der Waals surface area contributed by atoms with Crippen LogP contribution in [0.3, 0.4) is 0 Å². The average Bonchev–Trinajstić information content (AvgIpc) is 2.54. The first-order valence-corrected chi connectivity index (χ1v) is 9.47. The van der Waals surface area contributed by atoms with Crippen LogP contribution >= 0.6 is 0 Å². The van der Waals surface area contributed by atoms with Crippen molar-refractivity contribution in [3.8, 4) is 0 Å². The summed E-state index contributed by atoms with van der Waals surface area (Å²) in [5.41, 5.74) is 0.692. The summed E-state index contributed by atoms with van der Waals surface area (Å²) in [6.45, 7) is 0. The number of carbonyl (C=O) groups is 1. The molecule has 5 nitrogen and oxygen atoms in total. The molecular weight excluding hydrogens is 312 g/mol. The Morgan fingerprint density at radius 3 is 2.78 bits per heavy atom. The van der Waals surface area contributed by atoms with E-state index in [9.17, 15) is 13.2 Å². The molecule has 1 aromatic rings. The predicted octanol–water partition coefficient (Wildman–Crippen LogP) is 2.53. The van der Waals surface area contributed by atoms with Crippen LogP contribution in [-0.2, 0) is 14.8 Å². The number of hydrogen-bond donors (Lipinski definition) is 2. The predicted molar refractivity (Wildman–Crippen MR) is 89.4 cm³/mol. The van der Waals surface area contributed by atoms with Crippen molar-refractivity contribution < 1.29 is 13.2 Å². The lowest BCUT2D eigenvalue weighted by Gasteiger charge is -2.35. The van der Waals surface area contributed by atoms with Gasteiger partial charge in [-0.1, -0.05) is 18.2 Å². The van der Waals surface area contributed by atoms with Crippen molar-refractivity contribution in [1.82, 2.24) is 4.72 Å². The van der Waals surface area contributed by atoms with Crippen LogP contribution in [0.4, 0.5) is 5.69 Å². The summed E-state index contributed by atoms with van der Waals surface area (Å²) in [5.74, 6) is 0.328. The molecule has 0 aliphatic heterocycles. The van der Waals surface area contributed by atoms with E-state index >= 15 is 0 Å². The Labute approximate surface area is 137 Å². The van der Waals surface area contributed by atoms with E-state index in [1.54, 1.807) is 19.2 Å². The number of sulfonamides is 1. The maximum absolute atomic E-state index is 12.4. The minimum Gasteiger partial charge on any atom is -0.388 e. The van der Waals surface area contributed by atoms with E-state index in [4.69, 9.17) is 0 Å². The minimum atomic E-state index is -3.82. The number of hydrogen-bond acceptors (Lipinski definition) is 4. The highest BCUT2D eigenvalue weighted by Gasteiger charge is 2.34. The second-order valence-electron chi connectivity index (χ2n) is 6.44. The molecule has 0 heterocycles. The highest BCUT2D eigenvalue weighted by molar-refractivity contribution is 7.90. The number of carbonyl (C=O) groups excluding carboxylic acids is 1. The third kappa shape index (κ3) is 3.58. The SMILES string of the molecule is CNc1cccc(S(=O)(=O)NC(=O)[C@H]2C[C@H]3C=CC[C@H](C3)C2)c1. The molecule has 0 aromatic heterocycles. The molecule has 0 radical (unpaired) electrons. The van der Waals surface area contributed by atoms with Crippen molar-refractivity contribution in [1.29, 1.82) is 0 Å². The lowest BCUT2D eigenvalue weighted by atomic mass is 9.71. The van der Waals surface area contributed by atoms with Crippen LogP contribution in [0.2, 0.25) is 0 Å². The molecule has 2 bridgehead atoms. The molecule has 3 atom stereocenters. The Hall–Kier alpha value is -1.82. The lowest BCUT2D eigenvalue weighted by Crippen LogP contribution is -2.39. The summed E-state index contributed by atoms with van der Waals surface area (Å²) in [7, 11) is -2.10. The zero-order valence-electron chi connectivity index (χ0n) is 13.2. The third-order valence-electron chi connectivity index (χ3n) is 4.76. The number of allylic oxidation sites excluding steroid dienone is 2. The largest absolute Gasteiger partial charge is 0.388 e. The Morgan fingerprint density at radius 2 is 2.04 bits per heavy atom. The summed E-state index contributed by atoms with van der Waals surface area (Å²) in [6.07, 6.45) is 7.99. The van der Waals surface area contributed by atoms with E-state index < -0.39 is 10.0 Å². The Morgan fingerprint density at radius 1 is 1.22 bits per heavy atom. The number of benzene rings is 1. The van der Waals surface area contributed by atoms with Crippen LogP contribution in [0.1, 0.15) is 25.7 Å². The first kappa shape index (κ1) is 16.1. The fraction of sp³-hybridized carbons (Fsp3) is 0.471. The molecular formula is C17H22N2O3S. The van der Waals surface area contributed by atoms with E-state index in [2.05, 4.69) is 22.2 Å². The Balaban J connectivity index is 1.72. The molecule has 124 valence electrons. The van der Waals surface area contributed by atoms with Gasteiger partial charge in [0.05, 0.1) is 4.90 Å². The van der Waals surface area contributed by atoms with Gasteiger partial charge in [0.15, 0.2) is 0 Å². The molecule has 2 N–H and O–H groups in total. The molecule has 0 spiro atoms. The van der Waals surface area contributed by atoms with Gasteiger partial charge in [-0.05, 0) is 55.7 Å². The van der Waals surface area contributed by atoms with Gasteiger partial charge in [0.1, 0.15) is 0 Å². The quantitative estimate of drug-likeness (QED) is 0.830. The minimum absolute atomic E-state index is 0.105. The van der Waals surface area contributed by atoms with Crippen LogP contribution in [0.5, 0.6) is 0 Å². The first-order chi connectivity index (χ1) is 11.0. The molecule has 1 fully saturated rings. The number of nitrogens with one attached hydrogen (secondary N) is 2. The van der Waals surface area contributed by atoms with E-state index in [0.717, 1.165) is 25.7 Å². The van der Waals surface area contributed by atoms with Crippen molar-refractivity contribution in [2.45, 2.75) is 30.6 Å². The molecule has 2 aliphatic carbocycles. The number of amides is 1. The molecule has 1 saturated carbocycles. The maximum atomic E-state index is 12.4. The zero-order valence-corrected chi connectivity index (χ0v) is 14.0. The van der Waals surface area contributed by atoms with Gasteiger partial charge in [0.25, 0.3) is 10.0 Å². The summed E-state index contributed by atoms with van der Waals surface area (Å²) in [4.78, 5) is 12.5. The third-order valence-corrected chi connectivity index (χ3v) is 6.10. The van der Waals surface area contributed by atoms with Gasteiger partial charge in [0.2, 0.25) is 5.91 Å². The number of rotatable bonds is 4. The van der Waals surface area contributed by atoms with Crippen molar-refractivity contribution in [2.24, 2.45) is 17.8 Å². The smallest absolute Gasteiger partial charge is 0.264 e. The van der Waals surface area contributed by atoms with Gasteiger partial charge in [-0.3, -0.25) is 4.79 Å². The van der Waals surface area contributed by atoms with Gasteiger partial charge in [0, 0.05) is 18.7 Å². The van der Waals surface area contributed by atoms with Crippen LogP contribution < -0.4 is 10.0 Å². The molecule has 3 rings (SSSR count). The van der Waals surface area contributed by atoms with E-state index in [0.29, 0.717) is 17.5 Å². The average molecular weight is 334 g/mol. The van der Waals surface area contributed by atoms with E-state index in [1.165, 1.54) is 12.1 Å². The standard InChI is InChI=1S/C17H22N2O3S/c1-18-15-6-3-7-16(11-15)23(21,22)19-17(20)14-9-12-4-2-5-13(8-12)10-14/h2-4,6-7,11-14,18H,5,8-10H2,1H3,(H,19,20)/t12-,13+,14-/m0/s1. The van der Waals surface area contributed by atoms with Crippen LogP contribution in [0.15, 0.2) is 41.3 Å². The van der Waals surface area contributed by atoms with E-state index in [1.807, 2.05) is 0 Å². The van der Waals surface area contributed by atoms with Crippen molar-refractivity contribution >= 4 is 21.6 Å². The summed E-state index contributed by atoms with van der Waals surface area (Å²) in [6, 6.07) is 6.44. The van der Waals surface area contributed by atoms with Crippen LogP contribution in [0.25, 0.3) is 0 Å². The fourth-order valence-corrected chi connectivity index (χ4v) is 4.69.